The third-order valence-electron chi connectivity index (χ3n) is 3.65. The van der Waals surface area contributed by atoms with E-state index in [0.717, 1.165) is 31.3 Å². The van der Waals surface area contributed by atoms with Gasteiger partial charge in [0.05, 0.1) is 6.61 Å². The Hall–Kier alpha value is -0.890. The molecule has 2 atom stereocenters. The van der Waals surface area contributed by atoms with E-state index in [2.05, 4.69) is 13.0 Å². The highest BCUT2D eigenvalue weighted by atomic mass is 16.3. The second-order valence-electron chi connectivity index (χ2n) is 5.30. The fraction of sp³-hybridized carbons (Fsp3) is 0.667. The number of hydrogen-bond donors (Lipinski definition) is 1. The number of rotatable bonds is 5. The van der Waals surface area contributed by atoms with Crippen molar-refractivity contribution in [2.45, 2.75) is 46.5 Å². The van der Waals surface area contributed by atoms with E-state index in [1.807, 2.05) is 19.9 Å². The van der Waals surface area contributed by atoms with Gasteiger partial charge in [0.1, 0.15) is 0 Å². The van der Waals surface area contributed by atoms with Crippen molar-refractivity contribution in [3.8, 4) is 0 Å². The number of ketones is 1. The Bertz CT molecular complexity index is 326. The zero-order valence-electron chi connectivity index (χ0n) is 11.2. The molecule has 0 spiro atoms. The minimum absolute atomic E-state index is 0.138. The lowest BCUT2D eigenvalue weighted by Crippen LogP contribution is -2.23. The van der Waals surface area contributed by atoms with Crippen LogP contribution >= 0.6 is 0 Å². The van der Waals surface area contributed by atoms with Crippen LogP contribution in [0.3, 0.4) is 0 Å². The van der Waals surface area contributed by atoms with Gasteiger partial charge in [-0.2, -0.15) is 0 Å². The molecule has 0 aliphatic heterocycles. The SMILES string of the molecule is CC(=CCCC(C)C1CCC(C)=CC1=O)CO. The van der Waals surface area contributed by atoms with E-state index in [4.69, 9.17) is 5.11 Å². The molecule has 1 aliphatic carbocycles. The second kappa shape index (κ2) is 6.75. The summed E-state index contributed by atoms with van der Waals surface area (Å²) in [6.45, 7) is 6.27. The lowest BCUT2D eigenvalue weighted by atomic mass is 9.79. The summed E-state index contributed by atoms with van der Waals surface area (Å²) in [7, 11) is 0. The second-order valence-corrected chi connectivity index (χ2v) is 5.30. The monoisotopic (exact) mass is 236 g/mol. The Balaban J connectivity index is 2.43. The molecule has 0 aromatic carbocycles. The average Bonchev–Trinajstić information content (AvgIpc) is 2.28. The quantitative estimate of drug-likeness (QED) is 0.744. The summed E-state index contributed by atoms with van der Waals surface area (Å²) in [4.78, 5) is 11.9. The van der Waals surface area contributed by atoms with Crippen molar-refractivity contribution in [3.05, 3.63) is 23.3 Å². The molecule has 0 radical (unpaired) electrons. The molecular formula is C15H24O2. The smallest absolute Gasteiger partial charge is 0.158 e. The van der Waals surface area contributed by atoms with E-state index < -0.39 is 0 Å². The van der Waals surface area contributed by atoms with E-state index in [1.165, 1.54) is 5.57 Å². The van der Waals surface area contributed by atoms with Crippen molar-refractivity contribution in [1.29, 1.82) is 0 Å². The number of carbonyl (C=O) groups excluding carboxylic acids is 1. The maximum Gasteiger partial charge on any atom is 0.158 e. The summed E-state index contributed by atoms with van der Waals surface area (Å²) in [5.74, 6) is 0.959. The van der Waals surface area contributed by atoms with Gasteiger partial charge in [-0.3, -0.25) is 4.79 Å². The van der Waals surface area contributed by atoms with Crippen molar-refractivity contribution in [1.82, 2.24) is 0 Å². The minimum Gasteiger partial charge on any atom is -0.392 e. The normalized spacial score (nSPS) is 23.5. The summed E-state index contributed by atoms with van der Waals surface area (Å²) in [5, 5.41) is 8.89. The molecule has 0 saturated carbocycles. The van der Waals surface area contributed by atoms with Gasteiger partial charge in [0.2, 0.25) is 0 Å². The summed E-state index contributed by atoms with van der Waals surface area (Å²) >= 11 is 0. The highest BCUT2D eigenvalue weighted by molar-refractivity contribution is 5.93. The van der Waals surface area contributed by atoms with E-state index in [0.29, 0.717) is 11.7 Å². The van der Waals surface area contributed by atoms with Crippen LogP contribution in [0.2, 0.25) is 0 Å². The van der Waals surface area contributed by atoms with Gasteiger partial charge < -0.3 is 5.11 Å². The summed E-state index contributed by atoms with van der Waals surface area (Å²) in [5.41, 5.74) is 2.23. The molecule has 1 aliphatic rings. The molecule has 0 fully saturated rings. The fourth-order valence-electron chi connectivity index (χ4n) is 2.37. The first-order valence-electron chi connectivity index (χ1n) is 6.52. The van der Waals surface area contributed by atoms with Gasteiger partial charge in [0.15, 0.2) is 5.78 Å². The van der Waals surface area contributed by atoms with Crippen molar-refractivity contribution in [3.63, 3.8) is 0 Å². The van der Waals surface area contributed by atoms with Gasteiger partial charge in [-0.25, -0.2) is 0 Å². The lowest BCUT2D eigenvalue weighted by molar-refractivity contribution is -0.120. The summed E-state index contributed by atoms with van der Waals surface area (Å²) in [6, 6.07) is 0. The Morgan fingerprint density at radius 2 is 2.35 bits per heavy atom. The number of hydrogen-bond acceptors (Lipinski definition) is 2. The molecule has 1 rings (SSSR count). The van der Waals surface area contributed by atoms with Gasteiger partial charge in [0.25, 0.3) is 0 Å². The zero-order chi connectivity index (χ0) is 12.8. The molecule has 96 valence electrons. The van der Waals surface area contributed by atoms with Gasteiger partial charge in [-0.15, -0.1) is 0 Å². The molecule has 0 aromatic heterocycles. The fourth-order valence-corrected chi connectivity index (χ4v) is 2.37. The number of aliphatic hydroxyl groups excluding tert-OH is 1. The van der Waals surface area contributed by atoms with Crippen LogP contribution in [0, 0.1) is 11.8 Å². The molecule has 1 N–H and O–H groups in total. The lowest BCUT2D eigenvalue weighted by Gasteiger charge is -2.25. The predicted molar refractivity (Wildman–Crippen MR) is 70.7 cm³/mol. The van der Waals surface area contributed by atoms with Crippen molar-refractivity contribution >= 4 is 5.78 Å². The highest BCUT2D eigenvalue weighted by Crippen LogP contribution is 2.29. The summed E-state index contributed by atoms with van der Waals surface area (Å²) < 4.78 is 0. The number of aliphatic hydroxyl groups is 1. The van der Waals surface area contributed by atoms with Crippen LogP contribution in [0.15, 0.2) is 23.3 Å². The Kier molecular flexibility index (Phi) is 5.63. The van der Waals surface area contributed by atoms with Crippen LogP contribution in [-0.4, -0.2) is 17.5 Å². The van der Waals surface area contributed by atoms with E-state index in [1.54, 1.807) is 0 Å². The third kappa shape index (κ3) is 4.47. The standard InChI is InChI=1S/C15H24O2/c1-11-7-8-14(15(17)9-11)13(3)6-4-5-12(2)10-16/h5,9,13-14,16H,4,6-8,10H2,1-3H3. The number of carbonyl (C=O) groups is 1. The number of allylic oxidation sites excluding steroid dienone is 3. The van der Waals surface area contributed by atoms with Crippen LogP contribution < -0.4 is 0 Å². The molecule has 2 nitrogen and oxygen atoms in total. The van der Waals surface area contributed by atoms with Crippen LogP contribution in [0.25, 0.3) is 0 Å². The summed E-state index contributed by atoms with van der Waals surface area (Å²) in [6.07, 6.45) is 7.95. The molecule has 2 heteroatoms. The van der Waals surface area contributed by atoms with Crippen LogP contribution in [-0.2, 0) is 4.79 Å². The first kappa shape index (κ1) is 14.2. The molecule has 0 heterocycles. The largest absolute Gasteiger partial charge is 0.392 e. The Morgan fingerprint density at radius 3 is 2.94 bits per heavy atom. The Morgan fingerprint density at radius 1 is 1.65 bits per heavy atom. The maximum atomic E-state index is 11.9. The predicted octanol–water partition coefficient (Wildman–Crippen LogP) is 3.27. The minimum atomic E-state index is 0.138. The molecule has 0 bridgehead atoms. The first-order valence-corrected chi connectivity index (χ1v) is 6.52. The van der Waals surface area contributed by atoms with Crippen LogP contribution in [0.5, 0.6) is 0 Å². The molecular weight excluding hydrogens is 212 g/mol. The third-order valence-corrected chi connectivity index (χ3v) is 3.65. The van der Waals surface area contributed by atoms with E-state index in [9.17, 15) is 4.79 Å². The molecule has 0 amide bonds. The van der Waals surface area contributed by atoms with Crippen molar-refractivity contribution < 1.29 is 9.90 Å². The maximum absolute atomic E-state index is 11.9. The zero-order valence-corrected chi connectivity index (χ0v) is 11.2. The average molecular weight is 236 g/mol. The van der Waals surface area contributed by atoms with Crippen molar-refractivity contribution in [2.24, 2.45) is 11.8 Å². The van der Waals surface area contributed by atoms with Gasteiger partial charge >= 0.3 is 0 Å². The Labute approximate surface area is 104 Å². The van der Waals surface area contributed by atoms with Crippen molar-refractivity contribution in [2.75, 3.05) is 6.61 Å². The first-order chi connectivity index (χ1) is 8.04. The van der Waals surface area contributed by atoms with E-state index >= 15 is 0 Å². The van der Waals surface area contributed by atoms with Crippen LogP contribution in [0.1, 0.15) is 46.5 Å². The van der Waals surface area contributed by atoms with Gasteiger partial charge in [-0.05, 0) is 51.5 Å². The topological polar surface area (TPSA) is 37.3 Å². The molecule has 2 unspecified atom stereocenters. The van der Waals surface area contributed by atoms with Gasteiger partial charge in [-0.1, -0.05) is 24.1 Å². The molecule has 17 heavy (non-hydrogen) atoms. The molecule has 0 saturated heterocycles. The van der Waals surface area contributed by atoms with E-state index in [-0.39, 0.29) is 12.5 Å². The van der Waals surface area contributed by atoms with Gasteiger partial charge in [0, 0.05) is 5.92 Å². The molecule has 0 aromatic rings. The van der Waals surface area contributed by atoms with Crippen LogP contribution in [0.4, 0.5) is 0 Å². The highest BCUT2D eigenvalue weighted by Gasteiger charge is 2.25.